The Hall–Kier alpha value is -0.820. The number of amides is 1. The lowest BCUT2D eigenvalue weighted by Crippen LogP contribution is -2.40. The highest BCUT2D eigenvalue weighted by molar-refractivity contribution is 14.1. The summed E-state index contributed by atoms with van der Waals surface area (Å²) in [7, 11) is 0. The number of phenols is 1. The fourth-order valence-electron chi connectivity index (χ4n) is 1.18. The molecular weight excluding hydrogens is 333 g/mol. The predicted octanol–water partition coefficient (Wildman–Crippen LogP) is 1.89. The van der Waals surface area contributed by atoms with Gasteiger partial charge < -0.3 is 15.5 Å². The first-order valence-corrected chi connectivity index (χ1v) is 6.42. The summed E-state index contributed by atoms with van der Waals surface area (Å²) >= 11 is 2.07. The van der Waals surface area contributed by atoms with Crippen LogP contribution in [-0.2, 0) is 0 Å². The SMILES string of the molecule is CCC(C)(O)CNC(=O)c1cc(I)ccc1O. The molecule has 0 aliphatic rings. The van der Waals surface area contributed by atoms with Gasteiger partial charge in [0.15, 0.2) is 0 Å². The minimum absolute atomic E-state index is 0.0564. The van der Waals surface area contributed by atoms with E-state index in [9.17, 15) is 15.0 Å². The highest BCUT2D eigenvalue weighted by atomic mass is 127. The van der Waals surface area contributed by atoms with Crippen LogP contribution in [0.1, 0.15) is 30.6 Å². The number of carbonyl (C=O) groups excluding carboxylic acids is 1. The van der Waals surface area contributed by atoms with Gasteiger partial charge in [-0.25, -0.2) is 0 Å². The van der Waals surface area contributed by atoms with Crippen LogP contribution in [0.25, 0.3) is 0 Å². The van der Waals surface area contributed by atoms with Gasteiger partial charge in [-0.15, -0.1) is 0 Å². The van der Waals surface area contributed by atoms with Crippen molar-refractivity contribution in [2.45, 2.75) is 25.9 Å². The van der Waals surface area contributed by atoms with E-state index in [4.69, 9.17) is 0 Å². The molecule has 0 bridgehead atoms. The van der Waals surface area contributed by atoms with Crippen LogP contribution < -0.4 is 5.32 Å². The second-order valence-corrected chi connectivity index (χ2v) is 5.44. The average molecular weight is 349 g/mol. The second kappa shape index (κ2) is 5.68. The lowest BCUT2D eigenvalue weighted by atomic mass is 10.0. The smallest absolute Gasteiger partial charge is 0.255 e. The number of nitrogens with one attached hydrogen (secondary N) is 1. The molecule has 1 amide bonds. The van der Waals surface area contributed by atoms with E-state index < -0.39 is 5.60 Å². The maximum absolute atomic E-state index is 11.8. The number of benzene rings is 1. The molecule has 94 valence electrons. The quantitative estimate of drug-likeness (QED) is 0.727. The highest BCUT2D eigenvalue weighted by Gasteiger charge is 2.20. The van der Waals surface area contributed by atoms with Gasteiger partial charge in [-0.05, 0) is 54.1 Å². The first kappa shape index (κ1) is 14.2. The van der Waals surface area contributed by atoms with E-state index in [1.807, 2.05) is 6.92 Å². The molecule has 5 heteroatoms. The Kier molecular flexibility index (Phi) is 4.76. The van der Waals surface area contributed by atoms with Gasteiger partial charge in [0.2, 0.25) is 0 Å². The van der Waals surface area contributed by atoms with Crippen molar-refractivity contribution < 1.29 is 15.0 Å². The van der Waals surface area contributed by atoms with Crippen molar-refractivity contribution in [2.24, 2.45) is 0 Å². The Morgan fingerprint density at radius 3 is 2.76 bits per heavy atom. The number of halogens is 1. The average Bonchev–Trinajstić information content (AvgIpc) is 2.29. The second-order valence-electron chi connectivity index (χ2n) is 4.19. The number of phenolic OH excluding ortho intramolecular Hbond substituents is 1. The fraction of sp³-hybridized carbons (Fsp3) is 0.417. The summed E-state index contributed by atoms with van der Waals surface area (Å²) in [5.41, 5.74) is -0.698. The number of aliphatic hydroxyl groups is 1. The Labute approximate surface area is 114 Å². The molecule has 0 spiro atoms. The van der Waals surface area contributed by atoms with Gasteiger partial charge in [0.25, 0.3) is 5.91 Å². The van der Waals surface area contributed by atoms with Crippen LogP contribution in [0.4, 0.5) is 0 Å². The molecule has 0 radical (unpaired) electrons. The van der Waals surface area contributed by atoms with Gasteiger partial charge in [-0.1, -0.05) is 6.92 Å². The summed E-state index contributed by atoms with van der Waals surface area (Å²) in [6, 6.07) is 4.80. The number of aromatic hydroxyl groups is 1. The Morgan fingerprint density at radius 2 is 2.18 bits per heavy atom. The topological polar surface area (TPSA) is 69.6 Å². The molecule has 0 saturated heterocycles. The van der Waals surface area contributed by atoms with Crippen LogP contribution in [0.15, 0.2) is 18.2 Å². The molecule has 1 atom stereocenters. The number of hydrogen-bond donors (Lipinski definition) is 3. The molecular formula is C12H16INO3. The summed E-state index contributed by atoms with van der Waals surface area (Å²) in [5.74, 6) is -0.436. The van der Waals surface area contributed by atoms with E-state index in [0.717, 1.165) is 3.57 Å². The molecule has 0 fully saturated rings. The maximum atomic E-state index is 11.8. The molecule has 0 saturated carbocycles. The minimum Gasteiger partial charge on any atom is -0.507 e. The van der Waals surface area contributed by atoms with Crippen LogP contribution in [0.5, 0.6) is 5.75 Å². The third-order valence-corrected chi connectivity index (χ3v) is 3.27. The molecule has 1 rings (SSSR count). The van der Waals surface area contributed by atoms with E-state index in [1.165, 1.54) is 6.07 Å². The molecule has 0 heterocycles. The van der Waals surface area contributed by atoms with Crippen molar-refractivity contribution in [3.63, 3.8) is 0 Å². The Balaban J connectivity index is 2.74. The number of hydrogen-bond acceptors (Lipinski definition) is 3. The van der Waals surface area contributed by atoms with Crippen LogP contribution >= 0.6 is 22.6 Å². The minimum atomic E-state index is -0.923. The molecule has 0 aromatic heterocycles. The van der Waals surface area contributed by atoms with Gasteiger partial charge in [-0.2, -0.15) is 0 Å². The van der Waals surface area contributed by atoms with Crippen LogP contribution in [0, 0.1) is 3.57 Å². The van der Waals surface area contributed by atoms with E-state index >= 15 is 0 Å². The normalized spacial score (nSPS) is 14.1. The summed E-state index contributed by atoms with van der Waals surface area (Å²) in [6.45, 7) is 3.66. The molecule has 1 aromatic carbocycles. The Bertz CT molecular complexity index is 418. The van der Waals surface area contributed by atoms with Crippen molar-refractivity contribution in [3.8, 4) is 5.75 Å². The molecule has 17 heavy (non-hydrogen) atoms. The third kappa shape index (κ3) is 4.16. The van der Waals surface area contributed by atoms with Gasteiger partial charge >= 0.3 is 0 Å². The van der Waals surface area contributed by atoms with E-state index in [1.54, 1.807) is 19.1 Å². The summed E-state index contributed by atoms with van der Waals surface area (Å²) in [4.78, 5) is 11.8. The van der Waals surface area contributed by atoms with Gasteiger partial charge in [0, 0.05) is 10.1 Å². The lowest BCUT2D eigenvalue weighted by Gasteiger charge is -2.21. The van der Waals surface area contributed by atoms with E-state index in [-0.39, 0.29) is 23.8 Å². The number of carbonyl (C=O) groups is 1. The molecule has 0 aliphatic heterocycles. The summed E-state index contributed by atoms with van der Waals surface area (Å²) < 4.78 is 0.868. The van der Waals surface area contributed by atoms with Crippen LogP contribution in [0.3, 0.4) is 0 Å². The van der Waals surface area contributed by atoms with Crippen LogP contribution in [0.2, 0.25) is 0 Å². The summed E-state index contributed by atoms with van der Waals surface area (Å²) in [5, 5.41) is 21.9. The van der Waals surface area contributed by atoms with E-state index in [2.05, 4.69) is 27.9 Å². The number of rotatable bonds is 4. The largest absolute Gasteiger partial charge is 0.507 e. The van der Waals surface area contributed by atoms with Crippen molar-refractivity contribution in [3.05, 3.63) is 27.3 Å². The van der Waals surface area contributed by atoms with Crippen molar-refractivity contribution in [1.82, 2.24) is 5.32 Å². The zero-order chi connectivity index (χ0) is 13.1. The van der Waals surface area contributed by atoms with E-state index in [0.29, 0.717) is 6.42 Å². The van der Waals surface area contributed by atoms with Gasteiger partial charge in [-0.3, -0.25) is 4.79 Å². The first-order chi connectivity index (χ1) is 7.85. The lowest BCUT2D eigenvalue weighted by molar-refractivity contribution is 0.0517. The molecule has 1 aromatic rings. The van der Waals surface area contributed by atoms with Crippen molar-refractivity contribution in [2.75, 3.05) is 6.54 Å². The first-order valence-electron chi connectivity index (χ1n) is 5.35. The standard InChI is InChI=1S/C12H16INO3/c1-3-12(2,17)7-14-11(16)9-6-8(13)4-5-10(9)15/h4-6,15,17H,3,7H2,1-2H3,(H,14,16). The monoisotopic (exact) mass is 349 g/mol. The van der Waals surface area contributed by atoms with Crippen molar-refractivity contribution in [1.29, 1.82) is 0 Å². The fourth-order valence-corrected chi connectivity index (χ4v) is 1.67. The molecule has 1 unspecified atom stereocenters. The Morgan fingerprint density at radius 1 is 1.53 bits per heavy atom. The summed E-state index contributed by atoms with van der Waals surface area (Å²) in [6.07, 6.45) is 0.547. The molecule has 3 N–H and O–H groups in total. The van der Waals surface area contributed by atoms with Crippen molar-refractivity contribution >= 4 is 28.5 Å². The van der Waals surface area contributed by atoms with Gasteiger partial charge in [0.1, 0.15) is 5.75 Å². The third-order valence-electron chi connectivity index (χ3n) is 2.59. The molecule has 4 nitrogen and oxygen atoms in total. The predicted molar refractivity (Wildman–Crippen MR) is 74.1 cm³/mol. The zero-order valence-corrected chi connectivity index (χ0v) is 12.0. The zero-order valence-electron chi connectivity index (χ0n) is 9.83. The van der Waals surface area contributed by atoms with Crippen LogP contribution in [-0.4, -0.2) is 28.3 Å². The van der Waals surface area contributed by atoms with Gasteiger partial charge in [0.05, 0.1) is 11.2 Å². The molecule has 0 aliphatic carbocycles. The maximum Gasteiger partial charge on any atom is 0.255 e. The highest BCUT2D eigenvalue weighted by Crippen LogP contribution is 2.19.